The van der Waals surface area contributed by atoms with Crippen LogP contribution in [0.15, 0.2) is 58.2 Å². The Morgan fingerprint density at radius 1 is 1.21 bits per heavy atom. The summed E-state index contributed by atoms with van der Waals surface area (Å²) in [7, 11) is 0. The van der Waals surface area contributed by atoms with Gasteiger partial charge in [0.1, 0.15) is 5.71 Å². The number of halogens is 1. The van der Waals surface area contributed by atoms with Gasteiger partial charge in [-0.05, 0) is 31.2 Å². The number of allylic oxidation sites excluding steroid dienone is 4. The van der Waals surface area contributed by atoms with Crippen LogP contribution in [0.4, 0.5) is 0 Å². The third-order valence-corrected chi connectivity index (χ3v) is 2.74. The summed E-state index contributed by atoms with van der Waals surface area (Å²) in [4.78, 5) is 27.8. The highest BCUT2D eigenvalue weighted by molar-refractivity contribution is 6.48. The van der Waals surface area contributed by atoms with Crippen molar-refractivity contribution in [3.8, 4) is 0 Å². The molecule has 0 heterocycles. The Balaban J connectivity index is 2.12. The number of nitrogens with zero attached hydrogens (tertiary/aromatic N) is 1. The minimum atomic E-state index is -0.569. The maximum atomic E-state index is 11.6. The van der Waals surface area contributed by atoms with Crippen molar-refractivity contribution in [3.05, 3.63) is 58.7 Å². The van der Waals surface area contributed by atoms with Crippen molar-refractivity contribution in [2.75, 3.05) is 0 Å². The number of hydrogen-bond acceptors (Lipinski definition) is 4. The highest BCUT2D eigenvalue weighted by Gasteiger charge is 2.16. The first-order chi connectivity index (χ1) is 9.08. The third-order valence-electron chi connectivity index (χ3n) is 2.46. The van der Waals surface area contributed by atoms with Gasteiger partial charge in [0.2, 0.25) is 0 Å². The van der Waals surface area contributed by atoms with E-state index in [0.717, 1.165) is 0 Å². The Morgan fingerprint density at radius 2 is 1.89 bits per heavy atom. The number of benzene rings is 1. The number of rotatable bonds is 2. The van der Waals surface area contributed by atoms with E-state index < -0.39 is 5.97 Å². The second-order valence-corrected chi connectivity index (χ2v) is 4.32. The van der Waals surface area contributed by atoms with Crippen LogP contribution in [-0.4, -0.2) is 17.5 Å². The maximum Gasteiger partial charge on any atom is 0.365 e. The average molecular weight is 276 g/mol. The minimum absolute atomic E-state index is 0.0505. The summed E-state index contributed by atoms with van der Waals surface area (Å²) in [5.74, 6) is -0.824. The third kappa shape index (κ3) is 3.17. The lowest BCUT2D eigenvalue weighted by molar-refractivity contribution is -0.111. The van der Waals surface area contributed by atoms with Gasteiger partial charge in [-0.15, -0.1) is 0 Å². The van der Waals surface area contributed by atoms with Crippen molar-refractivity contribution in [1.82, 2.24) is 0 Å². The number of Topliss-reactive ketones (excluding diaryl/α,β-unsaturated/α-hetero) is 1. The lowest BCUT2D eigenvalue weighted by Crippen LogP contribution is -2.10. The largest absolute Gasteiger partial charge is 0.365 e. The van der Waals surface area contributed by atoms with Gasteiger partial charge in [-0.1, -0.05) is 35.0 Å². The molecule has 0 radical (unpaired) electrons. The molecule has 0 spiro atoms. The molecule has 1 aliphatic rings. The predicted molar refractivity (Wildman–Crippen MR) is 72.0 cm³/mol. The number of carbonyl (C=O) groups excluding carboxylic acids is 2. The summed E-state index contributed by atoms with van der Waals surface area (Å²) in [5, 5.41) is 3.72. The Kier molecular flexibility index (Phi) is 3.92. The van der Waals surface area contributed by atoms with E-state index in [4.69, 9.17) is 16.4 Å². The molecule has 1 aromatic carbocycles. The topological polar surface area (TPSA) is 55.7 Å². The maximum absolute atomic E-state index is 11.6. The molecule has 4 nitrogen and oxygen atoms in total. The van der Waals surface area contributed by atoms with Crippen molar-refractivity contribution in [2.24, 2.45) is 5.16 Å². The van der Waals surface area contributed by atoms with Crippen LogP contribution < -0.4 is 0 Å². The van der Waals surface area contributed by atoms with E-state index in [9.17, 15) is 9.59 Å². The number of ketones is 1. The molecule has 19 heavy (non-hydrogen) atoms. The van der Waals surface area contributed by atoms with Crippen molar-refractivity contribution in [3.63, 3.8) is 0 Å². The fourth-order valence-electron chi connectivity index (χ4n) is 1.49. The predicted octanol–water partition coefficient (Wildman–Crippen LogP) is 2.85. The molecule has 2 rings (SSSR count). The summed E-state index contributed by atoms with van der Waals surface area (Å²) in [6, 6.07) is 8.49. The van der Waals surface area contributed by atoms with Crippen LogP contribution >= 0.6 is 11.6 Å². The van der Waals surface area contributed by atoms with Gasteiger partial charge in [0.25, 0.3) is 0 Å². The standard InChI is InChI=1S/C14H10ClNO3/c1-9-7-11(8-12(15)13(9)17)16-19-14(18)10-5-3-2-4-6-10/h2-8H,1H3/b16-11-. The van der Waals surface area contributed by atoms with Crippen LogP contribution in [-0.2, 0) is 9.63 Å². The van der Waals surface area contributed by atoms with Crippen molar-refractivity contribution in [2.45, 2.75) is 6.92 Å². The smallest absolute Gasteiger partial charge is 0.312 e. The van der Waals surface area contributed by atoms with Gasteiger partial charge < -0.3 is 4.84 Å². The average Bonchev–Trinajstić information content (AvgIpc) is 2.43. The first kappa shape index (κ1) is 13.2. The summed E-state index contributed by atoms with van der Waals surface area (Å²) >= 11 is 5.74. The first-order valence-electron chi connectivity index (χ1n) is 5.52. The van der Waals surface area contributed by atoms with Crippen LogP contribution in [0.2, 0.25) is 0 Å². The quantitative estimate of drug-likeness (QED) is 0.474. The van der Waals surface area contributed by atoms with Crippen molar-refractivity contribution >= 4 is 29.1 Å². The molecule has 96 valence electrons. The normalized spacial score (nSPS) is 16.9. The number of carbonyl (C=O) groups is 2. The molecule has 0 amide bonds. The monoisotopic (exact) mass is 275 g/mol. The fourth-order valence-corrected chi connectivity index (χ4v) is 1.75. The molecule has 0 aromatic heterocycles. The molecule has 5 heteroatoms. The molecule has 0 aliphatic heterocycles. The molecule has 0 fully saturated rings. The first-order valence-corrected chi connectivity index (χ1v) is 5.90. The molecular formula is C14H10ClNO3. The second kappa shape index (κ2) is 5.63. The van der Waals surface area contributed by atoms with Crippen LogP contribution in [0.5, 0.6) is 0 Å². The Labute approximate surface area is 115 Å². The zero-order valence-corrected chi connectivity index (χ0v) is 10.8. The van der Waals surface area contributed by atoms with Gasteiger partial charge in [0.05, 0.1) is 10.6 Å². The zero-order chi connectivity index (χ0) is 13.8. The molecule has 1 aliphatic carbocycles. The molecule has 0 unspecified atom stereocenters. The Bertz CT molecular complexity index is 591. The molecular weight excluding hydrogens is 266 g/mol. The highest BCUT2D eigenvalue weighted by Crippen LogP contribution is 2.16. The van der Waals surface area contributed by atoms with Crippen molar-refractivity contribution < 1.29 is 14.4 Å². The van der Waals surface area contributed by atoms with E-state index in [2.05, 4.69) is 5.16 Å². The molecule has 0 saturated carbocycles. The molecule has 0 atom stereocenters. The lowest BCUT2D eigenvalue weighted by atomic mass is 10.1. The van der Waals surface area contributed by atoms with Gasteiger partial charge in [-0.25, -0.2) is 4.79 Å². The van der Waals surface area contributed by atoms with Crippen LogP contribution in [0.3, 0.4) is 0 Å². The van der Waals surface area contributed by atoms with Gasteiger partial charge in [0, 0.05) is 5.57 Å². The van der Waals surface area contributed by atoms with Gasteiger partial charge >= 0.3 is 5.97 Å². The van der Waals surface area contributed by atoms with Crippen LogP contribution in [0.1, 0.15) is 17.3 Å². The van der Waals surface area contributed by atoms with Gasteiger partial charge in [-0.3, -0.25) is 4.79 Å². The number of oxime groups is 1. The number of hydrogen-bond donors (Lipinski definition) is 0. The van der Waals surface area contributed by atoms with Gasteiger partial charge in [-0.2, -0.15) is 0 Å². The lowest BCUT2D eigenvalue weighted by Gasteiger charge is -2.06. The van der Waals surface area contributed by atoms with E-state index in [1.54, 1.807) is 37.3 Å². The van der Waals surface area contributed by atoms with Crippen LogP contribution in [0, 0.1) is 0 Å². The van der Waals surface area contributed by atoms with E-state index >= 15 is 0 Å². The van der Waals surface area contributed by atoms with E-state index in [1.807, 2.05) is 0 Å². The molecule has 0 bridgehead atoms. The SMILES string of the molecule is CC1=C/C(=N/OC(=O)c2ccccc2)C=C(Cl)C1=O. The van der Waals surface area contributed by atoms with E-state index in [-0.39, 0.29) is 10.8 Å². The minimum Gasteiger partial charge on any atom is -0.312 e. The second-order valence-electron chi connectivity index (χ2n) is 3.91. The van der Waals surface area contributed by atoms with Crippen molar-refractivity contribution in [1.29, 1.82) is 0 Å². The van der Waals surface area contributed by atoms with Crippen LogP contribution in [0.25, 0.3) is 0 Å². The summed E-state index contributed by atoms with van der Waals surface area (Å²) < 4.78 is 0. The highest BCUT2D eigenvalue weighted by atomic mass is 35.5. The fraction of sp³-hybridized carbons (Fsp3) is 0.0714. The summed E-state index contributed by atoms with van der Waals surface area (Å²) in [6.07, 6.45) is 2.86. The van der Waals surface area contributed by atoms with E-state index in [0.29, 0.717) is 16.8 Å². The summed E-state index contributed by atoms with van der Waals surface area (Å²) in [5.41, 5.74) is 1.17. The molecule has 1 aromatic rings. The van der Waals surface area contributed by atoms with Gasteiger partial charge in [0.15, 0.2) is 5.78 Å². The Hall–Kier alpha value is -2.20. The molecule has 0 saturated heterocycles. The summed E-state index contributed by atoms with van der Waals surface area (Å²) in [6.45, 7) is 1.62. The zero-order valence-electron chi connectivity index (χ0n) is 10.1. The Morgan fingerprint density at radius 3 is 2.53 bits per heavy atom. The van der Waals surface area contributed by atoms with E-state index in [1.165, 1.54) is 12.2 Å². The molecule has 0 N–H and O–H groups in total.